The van der Waals surface area contributed by atoms with Crippen molar-refractivity contribution in [2.75, 3.05) is 13.7 Å². The topological polar surface area (TPSA) is 63.5 Å². The highest BCUT2D eigenvalue weighted by molar-refractivity contribution is 5.91. The van der Waals surface area contributed by atoms with Crippen LogP contribution < -0.4 is 10.1 Å². The molecule has 0 amide bonds. The third kappa shape index (κ3) is 4.74. The Morgan fingerprint density at radius 2 is 1.83 bits per heavy atom. The minimum Gasteiger partial charge on any atom is -0.497 e. The standard InChI is InChI=1S/C25H30N2O3/c1-17-8-5-6-10-21(17)12-13-26-15-23-18(2)27(19(3)24(23)25(28)29)16-20-9-7-11-22(14-20)30-4/h5-11,14,26H,12-13,15-16H2,1-4H3,(H,28,29). The number of ether oxygens (including phenoxy) is 1. The zero-order valence-corrected chi connectivity index (χ0v) is 18.2. The predicted molar refractivity (Wildman–Crippen MR) is 120 cm³/mol. The zero-order chi connectivity index (χ0) is 21.7. The van der Waals surface area contributed by atoms with Crippen molar-refractivity contribution in [2.24, 2.45) is 0 Å². The first kappa shape index (κ1) is 21.7. The van der Waals surface area contributed by atoms with E-state index in [4.69, 9.17) is 4.74 Å². The van der Waals surface area contributed by atoms with Gasteiger partial charge in [-0.2, -0.15) is 0 Å². The number of aromatic carboxylic acids is 1. The first-order valence-electron chi connectivity index (χ1n) is 10.2. The van der Waals surface area contributed by atoms with Crippen LogP contribution in [0, 0.1) is 20.8 Å². The van der Waals surface area contributed by atoms with E-state index in [2.05, 4.69) is 35.0 Å². The largest absolute Gasteiger partial charge is 0.497 e. The summed E-state index contributed by atoms with van der Waals surface area (Å²) in [6.07, 6.45) is 0.914. The van der Waals surface area contributed by atoms with Crippen molar-refractivity contribution >= 4 is 5.97 Å². The van der Waals surface area contributed by atoms with E-state index in [1.165, 1.54) is 11.1 Å². The molecule has 0 saturated heterocycles. The number of hydrogen-bond acceptors (Lipinski definition) is 3. The van der Waals surface area contributed by atoms with E-state index in [1.807, 2.05) is 44.2 Å². The third-order valence-corrected chi connectivity index (χ3v) is 5.73. The lowest BCUT2D eigenvalue weighted by Gasteiger charge is -2.11. The summed E-state index contributed by atoms with van der Waals surface area (Å²) in [6.45, 7) is 7.93. The van der Waals surface area contributed by atoms with Crippen molar-refractivity contribution in [1.82, 2.24) is 9.88 Å². The van der Waals surface area contributed by atoms with Crippen LogP contribution in [0.1, 0.15) is 44.0 Å². The predicted octanol–water partition coefficient (Wildman–Crippen LogP) is 4.50. The number of carboxylic acids is 1. The molecule has 0 aliphatic rings. The van der Waals surface area contributed by atoms with E-state index in [9.17, 15) is 9.90 Å². The van der Waals surface area contributed by atoms with E-state index >= 15 is 0 Å². The molecule has 1 heterocycles. The molecule has 0 aliphatic carbocycles. The van der Waals surface area contributed by atoms with Crippen molar-refractivity contribution < 1.29 is 14.6 Å². The Bertz CT molecular complexity index is 1040. The summed E-state index contributed by atoms with van der Waals surface area (Å²) in [4.78, 5) is 12.0. The van der Waals surface area contributed by atoms with Crippen molar-refractivity contribution in [3.05, 3.63) is 87.7 Å². The average molecular weight is 407 g/mol. The van der Waals surface area contributed by atoms with Gasteiger partial charge in [0.25, 0.3) is 0 Å². The third-order valence-electron chi connectivity index (χ3n) is 5.73. The molecule has 0 fully saturated rings. The number of methoxy groups -OCH3 is 1. The molecule has 0 radical (unpaired) electrons. The Morgan fingerprint density at radius 3 is 2.53 bits per heavy atom. The van der Waals surface area contributed by atoms with Gasteiger partial charge in [-0.1, -0.05) is 36.4 Å². The lowest BCUT2D eigenvalue weighted by Crippen LogP contribution is -2.19. The van der Waals surface area contributed by atoms with Crippen molar-refractivity contribution in [2.45, 2.75) is 40.3 Å². The molecule has 30 heavy (non-hydrogen) atoms. The summed E-state index contributed by atoms with van der Waals surface area (Å²) in [6, 6.07) is 16.2. The van der Waals surface area contributed by atoms with Gasteiger partial charge in [-0.25, -0.2) is 4.79 Å². The quantitative estimate of drug-likeness (QED) is 0.514. The number of rotatable bonds is 9. The van der Waals surface area contributed by atoms with E-state index in [-0.39, 0.29) is 0 Å². The number of hydrogen-bond donors (Lipinski definition) is 2. The Kier molecular flexibility index (Phi) is 6.95. The van der Waals surface area contributed by atoms with Gasteiger partial charge in [0.1, 0.15) is 5.75 Å². The highest BCUT2D eigenvalue weighted by Gasteiger charge is 2.22. The fourth-order valence-corrected chi connectivity index (χ4v) is 3.97. The lowest BCUT2D eigenvalue weighted by molar-refractivity contribution is 0.0694. The summed E-state index contributed by atoms with van der Waals surface area (Å²) < 4.78 is 7.40. The molecule has 0 aliphatic heterocycles. The van der Waals surface area contributed by atoms with Gasteiger partial charge < -0.3 is 19.7 Å². The normalized spacial score (nSPS) is 10.9. The lowest BCUT2D eigenvalue weighted by atomic mass is 10.1. The van der Waals surface area contributed by atoms with Gasteiger partial charge in [0.15, 0.2) is 0 Å². The number of benzene rings is 2. The number of carboxylic acid groups (broad SMARTS) is 1. The van der Waals surface area contributed by atoms with E-state index in [0.717, 1.165) is 41.2 Å². The molecule has 3 aromatic rings. The number of aromatic nitrogens is 1. The molecule has 0 atom stereocenters. The summed E-state index contributed by atoms with van der Waals surface area (Å²) in [5.41, 5.74) is 6.68. The van der Waals surface area contributed by atoms with Crippen LogP contribution in [0.2, 0.25) is 0 Å². The molecule has 2 N–H and O–H groups in total. The molecule has 5 heteroatoms. The Hall–Kier alpha value is -3.05. The molecule has 0 spiro atoms. The second-order valence-corrected chi connectivity index (χ2v) is 7.62. The smallest absolute Gasteiger partial charge is 0.337 e. The average Bonchev–Trinajstić information content (AvgIpc) is 2.97. The molecule has 0 bridgehead atoms. The number of aryl methyl sites for hydroxylation is 1. The molecule has 0 unspecified atom stereocenters. The van der Waals surface area contributed by atoms with Crippen LogP contribution in [0.4, 0.5) is 0 Å². The Labute approximate surface area is 178 Å². The molecule has 158 valence electrons. The van der Waals surface area contributed by atoms with Crippen LogP contribution in [0.15, 0.2) is 48.5 Å². The van der Waals surface area contributed by atoms with Crippen LogP contribution in [0.5, 0.6) is 5.75 Å². The molecule has 3 rings (SSSR count). The summed E-state index contributed by atoms with van der Waals surface area (Å²) in [7, 11) is 1.65. The molecule has 0 saturated carbocycles. The SMILES string of the molecule is COc1cccc(Cn2c(C)c(CNCCc3ccccc3C)c(C(=O)O)c2C)c1. The highest BCUT2D eigenvalue weighted by Crippen LogP contribution is 2.25. The first-order chi connectivity index (χ1) is 14.4. The van der Waals surface area contributed by atoms with Gasteiger partial charge in [0.2, 0.25) is 0 Å². The minimum atomic E-state index is -0.879. The summed E-state index contributed by atoms with van der Waals surface area (Å²) in [5, 5.41) is 13.3. The minimum absolute atomic E-state index is 0.402. The molecular formula is C25H30N2O3. The molecule has 2 aromatic carbocycles. The van der Waals surface area contributed by atoms with Crippen molar-refractivity contribution in [3.8, 4) is 5.75 Å². The maximum atomic E-state index is 12.0. The second-order valence-electron chi connectivity index (χ2n) is 7.62. The van der Waals surface area contributed by atoms with Crippen LogP contribution in [0.25, 0.3) is 0 Å². The second kappa shape index (κ2) is 9.63. The van der Waals surface area contributed by atoms with Crippen LogP contribution in [0.3, 0.4) is 0 Å². The Morgan fingerprint density at radius 1 is 1.07 bits per heavy atom. The molecule has 1 aromatic heterocycles. The Balaban J connectivity index is 1.77. The highest BCUT2D eigenvalue weighted by atomic mass is 16.5. The summed E-state index contributed by atoms with van der Waals surface area (Å²) in [5.74, 6) is -0.0813. The number of nitrogens with one attached hydrogen (secondary N) is 1. The van der Waals surface area contributed by atoms with Crippen molar-refractivity contribution in [3.63, 3.8) is 0 Å². The van der Waals surface area contributed by atoms with Crippen molar-refractivity contribution in [1.29, 1.82) is 0 Å². The molecular weight excluding hydrogens is 376 g/mol. The van der Waals surface area contributed by atoms with Gasteiger partial charge in [0, 0.05) is 30.0 Å². The fourth-order valence-electron chi connectivity index (χ4n) is 3.97. The fraction of sp³-hybridized carbons (Fsp3) is 0.320. The van der Waals surface area contributed by atoms with Gasteiger partial charge in [-0.05, 0) is 62.6 Å². The first-order valence-corrected chi connectivity index (χ1v) is 10.2. The van der Waals surface area contributed by atoms with Crippen LogP contribution in [-0.4, -0.2) is 29.3 Å². The van der Waals surface area contributed by atoms with E-state index in [0.29, 0.717) is 18.7 Å². The maximum absolute atomic E-state index is 12.0. The number of carbonyl (C=O) groups is 1. The van der Waals surface area contributed by atoms with E-state index in [1.54, 1.807) is 7.11 Å². The van der Waals surface area contributed by atoms with Gasteiger partial charge in [0.05, 0.1) is 12.7 Å². The van der Waals surface area contributed by atoms with E-state index < -0.39 is 5.97 Å². The van der Waals surface area contributed by atoms with Gasteiger partial charge in [-0.3, -0.25) is 0 Å². The van der Waals surface area contributed by atoms with Crippen LogP contribution in [-0.2, 0) is 19.5 Å². The zero-order valence-electron chi connectivity index (χ0n) is 18.2. The maximum Gasteiger partial charge on any atom is 0.337 e. The van der Waals surface area contributed by atoms with Crippen LogP contribution >= 0.6 is 0 Å². The van der Waals surface area contributed by atoms with Gasteiger partial charge in [-0.15, -0.1) is 0 Å². The monoisotopic (exact) mass is 406 g/mol. The summed E-state index contributed by atoms with van der Waals surface area (Å²) >= 11 is 0. The van der Waals surface area contributed by atoms with Gasteiger partial charge >= 0.3 is 5.97 Å². The molecule has 5 nitrogen and oxygen atoms in total. The number of nitrogens with zero attached hydrogens (tertiary/aromatic N) is 1.